The zero-order valence-corrected chi connectivity index (χ0v) is 14.5. The summed E-state index contributed by atoms with van der Waals surface area (Å²) in [7, 11) is 0. The van der Waals surface area contributed by atoms with Gasteiger partial charge >= 0.3 is 5.97 Å². The Kier molecular flexibility index (Phi) is 4.84. The van der Waals surface area contributed by atoms with Crippen molar-refractivity contribution in [3.63, 3.8) is 0 Å². The van der Waals surface area contributed by atoms with E-state index in [1.54, 1.807) is 37.3 Å². The van der Waals surface area contributed by atoms with Gasteiger partial charge in [-0.3, -0.25) is 15.0 Å². The molecule has 0 saturated carbocycles. The first-order valence-electron chi connectivity index (χ1n) is 8.20. The Morgan fingerprint density at radius 3 is 2.35 bits per heavy atom. The van der Waals surface area contributed by atoms with Crippen molar-refractivity contribution in [2.75, 3.05) is 11.6 Å². The SMILES string of the molecule is CCOC(=O)c1ccc(N2NC(=O)C(=Cc3ccc(C)cc3)C2=O)cc1. The molecule has 1 aliphatic rings. The summed E-state index contributed by atoms with van der Waals surface area (Å²) in [6.45, 7) is 3.98. The number of nitrogens with zero attached hydrogens (tertiary/aromatic N) is 1. The van der Waals surface area contributed by atoms with E-state index in [-0.39, 0.29) is 12.2 Å². The van der Waals surface area contributed by atoms with E-state index in [1.807, 2.05) is 31.2 Å². The number of ether oxygens (including phenoxy) is 1. The molecule has 2 aromatic rings. The van der Waals surface area contributed by atoms with Crippen LogP contribution >= 0.6 is 0 Å². The number of carbonyl (C=O) groups excluding carboxylic acids is 3. The lowest BCUT2D eigenvalue weighted by Gasteiger charge is -2.14. The quantitative estimate of drug-likeness (QED) is 0.522. The number of hydrazine groups is 1. The monoisotopic (exact) mass is 350 g/mol. The second-order valence-corrected chi connectivity index (χ2v) is 5.82. The first kappa shape index (κ1) is 17.4. The van der Waals surface area contributed by atoms with E-state index in [9.17, 15) is 14.4 Å². The Morgan fingerprint density at radius 1 is 1.08 bits per heavy atom. The van der Waals surface area contributed by atoms with Gasteiger partial charge in [-0.2, -0.15) is 0 Å². The highest BCUT2D eigenvalue weighted by molar-refractivity contribution is 6.31. The summed E-state index contributed by atoms with van der Waals surface area (Å²) in [5.74, 6) is -1.35. The normalized spacial score (nSPS) is 15.3. The van der Waals surface area contributed by atoms with Crippen LogP contribution in [0.3, 0.4) is 0 Å². The van der Waals surface area contributed by atoms with Crippen LogP contribution < -0.4 is 10.4 Å². The first-order chi connectivity index (χ1) is 12.5. The lowest BCUT2D eigenvalue weighted by molar-refractivity contribution is -0.117. The molecule has 1 fully saturated rings. The van der Waals surface area contributed by atoms with E-state index in [4.69, 9.17) is 4.74 Å². The molecule has 0 bridgehead atoms. The van der Waals surface area contributed by atoms with Gasteiger partial charge in [-0.1, -0.05) is 29.8 Å². The molecule has 1 saturated heterocycles. The van der Waals surface area contributed by atoms with Gasteiger partial charge in [-0.25, -0.2) is 9.80 Å². The molecule has 0 aromatic heterocycles. The van der Waals surface area contributed by atoms with E-state index < -0.39 is 17.8 Å². The van der Waals surface area contributed by atoms with Crippen molar-refractivity contribution >= 4 is 29.5 Å². The predicted octanol–water partition coefficient (Wildman–Crippen LogP) is 2.63. The summed E-state index contributed by atoms with van der Waals surface area (Å²) in [5, 5.41) is 1.16. The Balaban J connectivity index is 1.82. The molecule has 1 N–H and O–H groups in total. The van der Waals surface area contributed by atoms with E-state index in [1.165, 1.54) is 0 Å². The summed E-state index contributed by atoms with van der Waals surface area (Å²) in [6.07, 6.45) is 1.56. The Hall–Kier alpha value is -3.41. The van der Waals surface area contributed by atoms with Gasteiger partial charge in [0.25, 0.3) is 11.8 Å². The van der Waals surface area contributed by atoms with E-state index in [0.29, 0.717) is 11.3 Å². The maximum absolute atomic E-state index is 12.6. The van der Waals surface area contributed by atoms with E-state index in [0.717, 1.165) is 16.1 Å². The summed E-state index contributed by atoms with van der Waals surface area (Å²) < 4.78 is 4.92. The van der Waals surface area contributed by atoms with Gasteiger partial charge in [0.15, 0.2) is 0 Å². The fraction of sp³-hybridized carbons (Fsp3) is 0.150. The van der Waals surface area contributed by atoms with Gasteiger partial charge in [-0.15, -0.1) is 0 Å². The zero-order chi connectivity index (χ0) is 18.7. The average Bonchev–Trinajstić information content (AvgIpc) is 2.92. The van der Waals surface area contributed by atoms with Gasteiger partial charge in [0.05, 0.1) is 17.9 Å². The van der Waals surface area contributed by atoms with Crippen molar-refractivity contribution in [1.29, 1.82) is 0 Å². The molecule has 0 radical (unpaired) electrons. The van der Waals surface area contributed by atoms with Crippen molar-refractivity contribution in [3.8, 4) is 0 Å². The summed E-state index contributed by atoms with van der Waals surface area (Å²) in [5.41, 5.74) is 5.30. The second kappa shape index (κ2) is 7.23. The maximum atomic E-state index is 12.6. The van der Waals surface area contributed by atoms with Crippen LogP contribution in [0.1, 0.15) is 28.4 Å². The van der Waals surface area contributed by atoms with Crippen LogP contribution in [0.2, 0.25) is 0 Å². The standard InChI is InChI=1S/C20H18N2O4/c1-3-26-20(25)15-8-10-16(11-9-15)22-19(24)17(18(23)21-22)12-14-6-4-13(2)5-7-14/h4-12H,3H2,1-2H3,(H,21,23). The highest BCUT2D eigenvalue weighted by atomic mass is 16.5. The van der Waals surface area contributed by atoms with Crippen LogP contribution in [0.25, 0.3) is 6.08 Å². The van der Waals surface area contributed by atoms with Crippen molar-refractivity contribution in [2.24, 2.45) is 0 Å². The number of carbonyl (C=O) groups is 3. The van der Waals surface area contributed by atoms with Gasteiger partial charge < -0.3 is 4.74 Å². The van der Waals surface area contributed by atoms with Gasteiger partial charge in [-0.05, 0) is 49.8 Å². The summed E-state index contributed by atoms with van der Waals surface area (Å²) in [4.78, 5) is 36.5. The van der Waals surface area contributed by atoms with Crippen molar-refractivity contribution < 1.29 is 19.1 Å². The largest absolute Gasteiger partial charge is 0.462 e. The molecule has 3 rings (SSSR count). The lowest BCUT2D eigenvalue weighted by Crippen LogP contribution is -2.35. The molecule has 0 unspecified atom stereocenters. The highest BCUT2D eigenvalue weighted by Crippen LogP contribution is 2.22. The summed E-state index contributed by atoms with van der Waals surface area (Å²) in [6, 6.07) is 13.8. The van der Waals surface area contributed by atoms with Crippen LogP contribution in [0.5, 0.6) is 0 Å². The molecule has 6 nitrogen and oxygen atoms in total. The number of nitrogens with one attached hydrogen (secondary N) is 1. The third-order valence-corrected chi connectivity index (χ3v) is 3.92. The minimum atomic E-state index is -0.468. The molecule has 0 atom stereocenters. The van der Waals surface area contributed by atoms with Crippen LogP contribution in [-0.2, 0) is 14.3 Å². The molecule has 132 valence electrons. The number of aryl methyl sites for hydroxylation is 1. The second-order valence-electron chi connectivity index (χ2n) is 5.82. The molecule has 0 aliphatic carbocycles. The minimum absolute atomic E-state index is 0.0586. The molecule has 2 amide bonds. The fourth-order valence-electron chi connectivity index (χ4n) is 2.53. The first-order valence-corrected chi connectivity index (χ1v) is 8.20. The Bertz CT molecular complexity index is 883. The molecule has 0 spiro atoms. The van der Waals surface area contributed by atoms with E-state index in [2.05, 4.69) is 5.43 Å². The third kappa shape index (κ3) is 3.49. The number of benzene rings is 2. The highest BCUT2D eigenvalue weighted by Gasteiger charge is 2.34. The number of rotatable bonds is 4. The zero-order valence-electron chi connectivity index (χ0n) is 14.5. The smallest absolute Gasteiger partial charge is 0.338 e. The number of esters is 1. The average molecular weight is 350 g/mol. The Labute approximate surface area is 151 Å². The van der Waals surface area contributed by atoms with Crippen molar-refractivity contribution in [3.05, 3.63) is 70.8 Å². The number of hydrogen-bond donors (Lipinski definition) is 1. The topological polar surface area (TPSA) is 75.7 Å². The Morgan fingerprint density at radius 2 is 1.73 bits per heavy atom. The molecule has 6 heteroatoms. The predicted molar refractivity (Wildman–Crippen MR) is 97.2 cm³/mol. The third-order valence-electron chi connectivity index (χ3n) is 3.92. The number of anilines is 1. The fourth-order valence-corrected chi connectivity index (χ4v) is 2.53. The number of amides is 2. The molecule has 1 aliphatic heterocycles. The van der Waals surface area contributed by atoms with Crippen molar-refractivity contribution in [2.45, 2.75) is 13.8 Å². The molecular formula is C20H18N2O4. The van der Waals surface area contributed by atoms with Crippen LogP contribution in [0.4, 0.5) is 5.69 Å². The van der Waals surface area contributed by atoms with Crippen LogP contribution in [0.15, 0.2) is 54.1 Å². The minimum Gasteiger partial charge on any atom is -0.462 e. The van der Waals surface area contributed by atoms with E-state index >= 15 is 0 Å². The molecular weight excluding hydrogens is 332 g/mol. The van der Waals surface area contributed by atoms with Gasteiger partial charge in [0.1, 0.15) is 5.57 Å². The molecule has 1 heterocycles. The summed E-state index contributed by atoms with van der Waals surface area (Å²) >= 11 is 0. The number of hydrogen-bond acceptors (Lipinski definition) is 4. The lowest BCUT2D eigenvalue weighted by atomic mass is 10.1. The molecule has 26 heavy (non-hydrogen) atoms. The van der Waals surface area contributed by atoms with Crippen LogP contribution in [-0.4, -0.2) is 24.4 Å². The maximum Gasteiger partial charge on any atom is 0.338 e. The van der Waals surface area contributed by atoms with Gasteiger partial charge in [0, 0.05) is 0 Å². The molecule has 2 aromatic carbocycles. The van der Waals surface area contributed by atoms with Gasteiger partial charge in [0.2, 0.25) is 0 Å². The van der Waals surface area contributed by atoms with Crippen LogP contribution in [0, 0.1) is 6.92 Å². The van der Waals surface area contributed by atoms with Crippen molar-refractivity contribution in [1.82, 2.24) is 5.43 Å².